The Morgan fingerprint density at radius 3 is 3.00 bits per heavy atom. The lowest BCUT2D eigenvalue weighted by Gasteiger charge is -2.08. The van der Waals surface area contributed by atoms with Crippen LogP contribution >= 0.6 is 0 Å². The zero-order valence-corrected chi connectivity index (χ0v) is 6.67. The van der Waals surface area contributed by atoms with E-state index in [4.69, 9.17) is 5.73 Å². The fourth-order valence-corrected chi connectivity index (χ4v) is 0.910. The van der Waals surface area contributed by atoms with Crippen LogP contribution in [0.1, 0.15) is 12.8 Å². The third kappa shape index (κ3) is 2.45. The van der Waals surface area contributed by atoms with E-state index in [1.807, 2.05) is 6.08 Å². The average molecular weight is 151 g/mol. The van der Waals surface area contributed by atoms with Gasteiger partial charge in [-0.05, 0) is 18.9 Å². The van der Waals surface area contributed by atoms with Crippen molar-refractivity contribution in [3.05, 3.63) is 23.9 Å². The first-order valence-electron chi connectivity index (χ1n) is 3.69. The van der Waals surface area contributed by atoms with E-state index >= 15 is 0 Å². The normalized spacial score (nSPS) is 17.9. The van der Waals surface area contributed by atoms with Gasteiger partial charge in [0.1, 0.15) is 0 Å². The van der Waals surface area contributed by atoms with Gasteiger partial charge in [-0.15, -0.1) is 0 Å². The summed E-state index contributed by atoms with van der Waals surface area (Å²) >= 11 is 0. The van der Waals surface area contributed by atoms with E-state index in [1.165, 1.54) is 0 Å². The van der Waals surface area contributed by atoms with Crippen LogP contribution in [0.5, 0.6) is 0 Å². The molecule has 0 aliphatic heterocycles. The molecule has 0 atom stereocenters. The van der Waals surface area contributed by atoms with Gasteiger partial charge in [0.2, 0.25) is 0 Å². The van der Waals surface area contributed by atoms with Crippen LogP contribution in [0, 0.1) is 0 Å². The fraction of sp³-hybridized carbons (Fsp3) is 0.375. The predicted molar refractivity (Wildman–Crippen MR) is 47.1 cm³/mol. The molecule has 60 valence electrons. The van der Waals surface area contributed by atoms with Gasteiger partial charge < -0.3 is 11.1 Å². The van der Waals surface area contributed by atoms with Gasteiger partial charge in [-0.2, -0.15) is 0 Å². The van der Waals surface area contributed by atoms with Crippen LogP contribution < -0.4 is 11.1 Å². The quantitative estimate of drug-likeness (QED) is 0.429. The summed E-state index contributed by atoms with van der Waals surface area (Å²) in [6, 6.07) is 0. The van der Waals surface area contributed by atoms with Crippen LogP contribution in [0.2, 0.25) is 0 Å². The molecule has 0 amide bonds. The van der Waals surface area contributed by atoms with Crippen molar-refractivity contribution in [2.75, 3.05) is 7.05 Å². The molecular weight excluding hydrogens is 138 g/mol. The minimum absolute atomic E-state index is 0.461. The Morgan fingerprint density at radius 1 is 1.64 bits per heavy atom. The SMILES string of the molecule is CN=C(N)NC1=CCCC=C1. The number of guanidine groups is 1. The minimum Gasteiger partial charge on any atom is -0.370 e. The molecule has 11 heavy (non-hydrogen) atoms. The lowest BCUT2D eigenvalue weighted by Crippen LogP contribution is -2.30. The second-order valence-electron chi connectivity index (χ2n) is 2.37. The Labute approximate surface area is 66.7 Å². The van der Waals surface area contributed by atoms with Crippen molar-refractivity contribution < 1.29 is 0 Å². The van der Waals surface area contributed by atoms with E-state index in [0.717, 1.165) is 18.5 Å². The number of allylic oxidation sites excluding steroid dienone is 3. The van der Waals surface area contributed by atoms with E-state index in [-0.39, 0.29) is 0 Å². The molecule has 0 fully saturated rings. The largest absolute Gasteiger partial charge is 0.370 e. The number of nitrogens with two attached hydrogens (primary N) is 1. The van der Waals surface area contributed by atoms with Crippen LogP contribution in [0.25, 0.3) is 0 Å². The van der Waals surface area contributed by atoms with Crippen molar-refractivity contribution >= 4 is 5.96 Å². The summed E-state index contributed by atoms with van der Waals surface area (Å²) in [4.78, 5) is 3.79. The highest BCUT2D eigenvalue weighted by molar-refractivity contribution is 5.79. The zero-order chi connectivity index (χ0) is 8.10. The number of hydrogen-bond acceptors (Lipinski definition) is 1. The van der Waals surface area contributed by atoms with E-state index in [0.29, 0.717) is 5.96 Å². The predicted octanol–water partition coefficient (Wildman–Crippen LogP) is 0.754. The molecule has 0 aromatic carbocycles. The van der Waals surface area contributed by atoms with Gasteiger partial charge in [0.05, 0.1) is 0 Å². The molecule has 0 spiro atoms. The van der Waals surface area contributed by atoms with Crippen LogP contribution in [0.4, 0.5) is 0 Å². The molecule has 0 saturated heterocycles. The summed E-state index contributed by atoms with van der Waals surface area (Å²) in [5.74, 6) is 0.461. The maximum absolute atomic E-state index is 5.47. The zero-order valence-electron chi connectivity index (χ0n) is 6.67. The van der Waals surface area contributed by atoms with E-state index in [2.05, 4.69) is 22.5 Å². The van der Waals surface area contributed by atoms with Gasteiger partial charge in [0, 0.05) is 12.7 Å². The first kappa shape index (κ1) is 7.85. The Balaban J connectivity index is 2.49. The van der Waals surface area contributed by atoms with Crippen molar-refractivity contribution in [1.29, 1.82) is 0 Å². The lowest BCUT2D eigenvalue weighted by atomic mass is 10.1. The van der Waals surface area contributed by atoms with Gasteiger partial charge in [0.15, 0.2) is 5.96 Å². The van der Waals surface area contributed by atoms with Gasteiger partial charge in [-0.25, -0.2) is 0 Å². The maximum Gasteiger partial charge on any atom is 0.192 e. The highest BCUT2D eigenvalue weighted by atomic mass is 15.1. The number of aliphatic imine (C=N–C) groups is 1. The molecule has 0 saturated carbocycles. The molecule has 0 unspecified atom stereocenters. The molecule has 3 nitrogen and oxygen atoms in total. The monoisotopic (exact) mass is 151 g/mol. The molecular formula is C8H13N3. The van der Waals surface area contributed by atoms with Crippen LogP contribution in [0.15, 0.2) is 28.9 Å². The van der Waals surface area contributed by atoms with Gasteiger partial charge in [0.25, 0.3) is 0 Å². The topological polar surface area (TPSA) is 50.4 Å². The van der Waals surface area contributed by atoms with Crippen molar-refractivity contribution in [2.24, 2.45) is 10.7 Å². The van der Waals surface area contributed by atoms with E-state index < -0.39 is 0 Å². The Kier molecular flexibility index (Phi) is 2.72. The second-order valence-corrected chi connectivity index (χ2v) is 2.37. The van der Waals surface area contributed by atoms with Crippen molar-refractivity contribution in [3.8, 4) is 0 Å². The molecule has 3 N–H and O–H groups in total. The summed E-state index contributed by atoms with van der Waals surface area (Å²) in [7, 11) is 1.66. The summed E-state index contributed by atoms with van der Waals surface area (Å²) in [5.41, 5.74) is 6.51. The first-order valence-corrected chi connectivity index (χ1v) is 3.69. The van der Waals surface area contributed by atoms with Crippen LogP contribution in [0.3, 0.4) is 0 Å². The Bertz CT molecular complexity index is 213. The summed E-state index contributed by atoms with van der Waals surface area (Å²) in [5, 5.41) is 2.97. The number of hydrogen-bond donors (Lipinski definition) is 2. The number of nitrogens with zero attached hydrogens (tertiary/aromatic N) is 1. The molecule has 1 aliphatic carbocycles. The molecule has 0 aromatic heterocycles. The molecule has 0 bridgehead atoms. The number of nitrogens with one attached hydrogen (secondary N) is 1. The van der Waals surface area contributed by atoms with Gasteiger partial charge >= 0.3 is 0 Å². The highest BCUT2D eigenvalue weighted by Crippen LogP contribution is 2.05. The van der Waals surface area contributed by atoms with Crippen LogP contribution in [-0.2, 0) is 0 Å². The minimum atomic E-state index is 0.461. The smallest absolute Gasteiger partial charge is 0.192 e. The fourth-order valence-electron chi connectivity index (χ4n) is 0.910. The average Bonchev–Trinajstić information content (AvgIpc) is 2.06. The summed E-state index contributed by atoms with van der Waals surface area (Å²) in [6.45, 7) is 0. The van der Waals surface area contributed by atoms with Crippen molar-refractivity contribution in [2.45, 2.75) is 12.8 Å². The van der Waals surface area contributed by atoms with Gasteiger partial charge in [-0.1, -0.05) is 12.2 Å². The summed E-state index contributed by atoms with van der Waals surface area (Å²) in [6.07, 6.45) is 8.44. The second kappa shape index (κ2) is 3.81. The van der Waals surface area contributed by atoms with Gasteiger partial charge in [-0.3, -0.25) is 4.99 Å². The van der Waals surface area contributed by atoms with Crippen molar-refractivity contribution in [3.63, 3.8) is 0 Å². The van der Waals surface area contributed by atoms with E-state index in [1.54, 1.807) is 7.05 Å². The Morgan fingerprint density at radius 2 is 2.45 bits per heavy atom. The standard InChI is InChI=1S/C8H13N3/c1-10-8(9)11-7-5-3-2-4-6-7/h3,5-6H,2,4H2,1H3,(H3,9,10,11). The number of rotatable bonds is 1. The maximum atomic E-state index is 5.47. The van der Waals surface area contributed by atoms with Crippen molar-refractivity contribution in [1.82, 2.24) is 5.32 Å². The first-order chi connectivity index (χ1) is 5.33. The Hall–Kier alpha value is -1.25. The third-order valence-electron chi connectivity index (χ3n) is 1.51. The molecule has 1 rings (SSSR count). The molecule has 0 heterocycles. The molecule has 3 heteroatoms. The molecule has 1 aliphatic rings. The third-order valence-corrected chi connectivity index (χ3v) is 1.51. The molecule has 0 aromatic rings. The van der Waals surface area contributed by atoms with Crippen LogP contribution in [-0.4, -0.2) is 13.0 Å². The lowest BCUT2D eigenvalue weighted by molar-refractivity contribution is 0.979. The highest BCUT2D eigenvalue weighted by Gasteiger charge is 1.96. The summed E-state index contributed by atoms with van der Waals surface area (Å²) < 4.78 is 0. The van der Waals surface area contributed by atoms with E-state index in [9.17, 15) is 0 Å². The molecule has 0 radical (unpaired) electrons.